The Morgan fingerprint density at radius 1 is 1.28 bits per heavy atom. The Kier molecular flexibility index (Phi) is 5.47. The monoisotopic (exact) mass is 411 g/mol. The number of likely N-dealkylation sites (tertiary alicyclic amines) is 1. The van der Waals surface area contributed by atoms with Crippen molar-refractivity contribution in [2.75, 3.05) is 18.4 Å². The number of aromatic nitrogens is 4. The topological polar surface area (TPSA) is 130 Å². The maximum atomic E-state index is 12.6. The third-order valence-corrected chi connectivity index (χ3v) is 5.23. The maximum Gasteiger partial charge on any atom is 0.290 e. The van der Waals surface area contributed by atoms with Crippen LogP contribution in [0.15, 0.2) is 35.8 Å². The molecule has 0 aromatic carbocycles. The van der Waals surface area contributed by atoms with Gasteiger partial charge in [-0.05, 0) is 36.7 Å². The summed E-state index contributed by atoms with van der Waals surface area (Å²) >= 11 is 0.837. The number of carbonyl (C=O) groups is 3. The average molecular weight is 411 g/mol. The number of amides is 3. The van der Waals surface area contributed by atoms with E-state index in [0.29, 0.717) is 30.4 Å². The van der Waals surface area contributed by atoms with Crippen molar-refractivity contribution in [2.24, 2.45) is 0 Å². The first-order valence-electron chi connectivity index (χ1n) is 8.98. The van der Waals surface area contributed by atoms with Crippen molar-refractivity contribution in [3.63, 3.8) is 0 Å². The van der Waals surface area contributed by atoms with E-state index in [9.17, 15) is 14.4 Å². The number of thioether (sulfide) groups is 1. The summed E-state index contributed by atoms with van der Waals surface area (Å²) in [5, 5.41) is 5.05. The molecule has 2 N–H and O–H groups in total. The summed E-state index contributed by atoms with van der Waals surface area (Å²) in [6.07, 6.45) is 9.31. The number of nitrogens with zero attached hydrogens (tertiary/aromatic N) is 5. The normalized spacial score (nSPS) is 20.6. The molecule has 11 heteroatoms. The van der Waals surface area contributed by atoms with Crippen LogP contribution in [0.5, 0.6) is 0 Å². The number of imide groups is 1. The predicted octanol–water partition coefficient (Wildman–Crippen LogP) is 1.31. The highest BCUT2D eigenvalue weighted by atomic mass is 32.2. The van der Waals surface area contributed by atoms with Crippen molar-refractivity contribution in [3.8, 4) is 0 Å². The van der Waals surface area contributed by atoms with E-state index >= 15 is 0 Å². The molecule has 0 bridgehead atoms. The molecule has 2 saturated heterocycles. The van der Waals surface area contributed by atoms with Gasteiger partial charge in [0.15, 0.2) is 0 Å². The first-order chi connectivity index (χ1) is 14.1. The zero-order valence-corrected chi connectivity index (χ0v) is 16.1. The number of rotatable bonds is 4. The minimum Gasteiger partial charge on any atom is -0.350 e. The second-order valence-electron chi connectivity index (χ2n) is 6.48. The fourth-order valence-electron chi connectivity index (χ4n) is 3.11. The third kappa shape index (κ3) is 4.57. The number of piperidine rings is 1. The number of nitrogens with one attached hydrogen (secondary N) is 2. The van der Waals surface area contributed by atoms with Crippen LogP contribution in [0.1, 0.15) is 29.0 Å². The molecule has 0 aliphatic carbocycles. The Labute approximate surface area is 170 Å². The lowest BCUT2D eigenvalue weighted by atomic mass is 10.1. The van der Waals surface area contributed by atoms with Crippen LogP contribution >= 0.6 is 11.8 Å². The lowest BCUT2D eigenvalue weighted by molar-refractivity contribution is -0.115. The Balaban J connectivity index is 1.43. The van der Waals surface area contributed by atoms with Crippen LogP contribution in [-0.2, 0) is 4.79 Å². The molecule has 10 nitrogen and oxygen atoms in total. The Morgan fingerprint density at radius 2 is 2.17 bits per heavy atom. The van der Waals surface area contributed by atoms with Crippen molar-refractivity contribution < 1.29 is 14.4 Å². The van der Waals surface area contributed by atoms with E-state index in [1.807, 2.05) is 0 Å². The molecule has 0 spiro atoms. The van der Waals surface area contributed by atoms with E-state index in [0.717, 1.165) is 24.6 Å². The fraction of sp³-hybridized carbons (Fsp3) is 0.278. The van der Waals surface area contributed by atoms with Crippen LogP contribution in [0.4, 0.5) is 10.7 Å². The molecular weight excluding hydrogens is 394 g/mol. The minimum absolute atomic E-state index is 0.0157. The summed E-state index contributed by atoms with van der Waals surface area (Å²) in [5.41, 5.74) is 0.832. The van der Waals surface area contributed by atoms with Gasteiger partial charge in [-0.2, -0.15) is 0 Å². The molecule has 4 rings (SSSR count). The Hall–Kier alpha value is -3.34. The van der Waals surface area contributed by atoms with E-state index in [4.69, 9.17) is 0 Å². The largest absolute Gasteiger partial charge is 0.350 e. The van der Waals surface area contributed by atoms with Gasteiger partial charge in [-0.1, -0.05) is 0 Å². The molecule has 0 radical (unpaired) electrons. The standard InChI is InChI=1S/C18H17N7O3S/c26-15-14(29-18(28)24-15)8-11-3-4-21-17(22-11)23-12-2-1-7-25(10-12)16(27)13-9-19-5-6-20-13/h3-6,8-9,12H,1-2,7,10H2,(H,21,22,23)(H,24,26,28)/b14-8-. The summed E-state index contributed by atoms with van der Waals surface area (Å²) < 4.78 is 0. The van der Waals surface area contributed by atoms with Gasteiger partial charge in [-0.3, -0.25) is 24.7 Å². The van der Waals surface area contributed by atoms with Crippen LogP contribution in [0.3, 0.4) is 0 Å². The smallest absolute Gasteiger partial charge is 0.290 e. The van der Waals surface area contributed by atoms with Crippen LogP contribution in [0.2, 0.25) is 0 Å². The molecule has 148 valence electrons. The Morgan fingerprint density at radius 3 is 2.93 bits per heavy atom. The second kappa shape index (κ2) is 8.35. The summed E-state index contributed by atoms with van der Waals surface area (Å²) in [4.78, 5) is 54.2. The van der Waals surface area contributed by atoms with Gasteiger partial charge in [0, 0.05) is 37.7 Å². The van der Waals surface area contributed by atoms with E-state index < -0.39 is 11.1 Å². The fourth-order valence-corrected chi connectivity index (χ4v) is 3.78. The second-order valence-corrected chi connectivity index (χ2v) is 7.50. The first-order valence-corrected chi connectivity index (χ1v) is 9.80. The van der Waals surface area contributed by atoms with Crippen LogP contribution in [0, 0.1) is 0 Å². The molecule has 3 amide bonds. The number of hydrogen-bond acceptors (Lipinski definition) is 9. The Bertz CT molecular complexity index is 982. The van der Waals surface area contributed by atoms with Crippen molar-refractivity contribution in [2.45, 2.75) is 18.9 Å². The zero-order valence-electron chi connectivity index (χ0n) is 15.2. The van der Waals surface area contributed by atoms with Crippen molar-refractivity contribution in [3.05, 3.63) is 47.1 Å². The van der Waals surface area contributed by atoms with Gasteiger partial charge in [0.05, 0.1) is 16.8 Å². The summed E-state index contributed by atoms with van der Waals surface area (Å²) in [5.74, 6) is -0.190. The predicted molar refractivity (Wildman–Crippen MR) is 106 cm³/mol. The van der Waals surface area contributed by atoms with E-state index in [1.165, 1.54) is 18.6 Å². The quantitative estimate of drug-likeness (QED) is 0.715. The summed E-state index contributed by atoms with van der Waals surface area (Å²) in [7, 11) is 0. The van der Waals surface area contributed by atoms with E-state index in [2.05, 4.69) is 30.6 Å². The number of anilines is 1. The highest BCUT2D eigenvalue weighted by Crippen LogP contribution is 2.25. The molecule has 1 unspecified atom stereocenters. The molecule has 1 atom stereocenters. The average Bonchev–Trinajstić information content (AvgIpc) is 3.05. The highest BCUT2D eigenvalue weighted by molar-refractivity contribution is 8.18. The molecular formula is C18H17N7O3S. The molecule has 2 aromatic heterocycles. The summed E-state index contributed by atoms with van der Waals surface area (Å²) in [6, 6.07) is 1.64. The molecule has 4 heterocycles. The van der Waals surface area contributed by atoms with Gasteiger partial charge in [0.2, 0.25) is 5.95 Å². The SMILES string of the molecule is O=C1NC(=O)/C(=C/c2ccnc(NC3CCCN(C(=O)c4cnccn4)C3)n2)S1. The van der Waals surface area contributed by atoms with Gasteiger partial charge >= 0.3 is 0 Å². The number of hydrogen-bond donors (Lipinski definition) is 2. The lowest BCUT2D eigenvalue weighted by Gasteiger charge is -2.32. The van der Waals surface area contributed by atoms with E-state index in [-0.39, 0.29) is 16.9 Å². The lowest BCUT2D eigenvalue weighted by Crippen LogP contribution is -2.45. The number of carbonyl (C=O) groups excluding carboxylic acids is 3. The molecule has 2 fully saturated rings. The van der Waals surface area contributed by atoms with Crippen LogP contribution < -0.4 is 10.6 Å². The van der Waals surface area contributed by atoms with Crippen molar-refractivity contribution in [1.29, 1.82) is 0 Å². The highest BCUT2D eigenvalue weighted by Gasteiger charge is 2.27. The molecule has 2 aliphatic heterocycles. The molecule has 29 heavy (non-hydrogen) atoms. The molecule has 2 aromatic rings. The van der Waals surface area contributed by atoms with E-state index in [1.54, 1.807) is 23.2 Å². The molecule has 0 saturated carbocycles. The van der Waals surface area contributed by atoms with Gasteiger partial charge in [-0.25, -0.2) is 15.0 Å². The third-order valence-electron chi connectivity index (χ3n) is 4.42. The van der Waals surface area contributed by atoms with Crippen LogP contribution in [-0.4, -0.2) is 61.0 Å². The molecule has 2 aliphatic rings. The zero-order chi connectivity index (χ0) is 20.2. The van der Waals surface area contributed by atoms with Crippen molar-refractivity contribution in [1.82, 2.24) is 30.2 Å². The van der Waals surface area contributed by atoms with Gasteiger partial charge < -0.3 is 10.2 Å². The first kappa shape index (κ1) is 19.0. The van der Waals surface area contributed by atoms with Gasteiger partial charge in [-0.15, -0.1) is 0 Å². The summed E-state index contributed by atoms with van der Waals surface area (Å²) in [6.45, 7) is 1.15. The minimum atomic E-state index is -0.432. The van der Waals surface area contributed by atoms with Gasteiger partial charge in [0.1, 0.15) is 5.69 Å². The van der Waals surface area contributed by atoms with Gasteiger partial charge in [0.25, 0.3) is 17.1 Å². The van der Waals surface area contributed by atoms with Crippen molar-refractivity contribution >= 4 is 40.8 Å². The maximum absolute atomic E-state index is 12.6. The van der Waals surface area contributed by atoms with Crippen LogP contribution in [0.25, 0.3) is 6.08 Å².